The number of nitrogens with zero attached hydrogens (tertiary/aromatic N) is 3. The van der Waals surface area contributed by atoms with Crippen molar-refractivity contribution in [2.75, 3.05) is 26.7 Å². The van der Waals surface area contributed by atoms with Gasteiger partial charge in [-0.1, -0.05) is 12.1 Å². The molecular weight excluding hydrogens is 357 g/mol. The Morgan fingerprint density at radius 2 is 1.71 bits per heavy atom. The first-order chi connectivity index (χ1) is 13.5. The van der Waals surface area contributed by atoms with Crippen molar-refractivity contribution >= 4 is 11.8 Å². The van der Waals surface area contributed by atoms with E-state index in [0.29, 0.717) is 32.5 Å². The highest BCUT2D eigenvalue weighted by atomic mass is 19.1. The van der Waals surface area contributed by atoms with Crippen LogP contribution in [0.4, 0.5) is 4.39 Å². The number of pyridine rings is 1. The number of carbonyl (C=O) groups is 2. The van der Waals surface area contributed by atoms with Gasteiger partial charge in [-0.15, -0.1) is 0 Å². The number of hydrogen-bond acceptors (Lipinski definition) is 3. The lowest BCUT2D eigenvalue weighted by Crippen LogP contribution is -2.44. The number of benzene rings is 1. The third-order valence-electron chi connectivity index (χ3n) is 5.33. The minimum Gasteiger partial charge on any atom is -0.345 e. The van der Waals surface area contributed by atoms with Crippen LogP contribution in [0.5, 0.6) is 0 Å². The van der Waals surface area contributed by atoms with Crippen LogP contribution in [-0.4, -0.2) is 53.3 Å². The van der Waals surface area contributed by atoms with Crippen molar-refractivity contribution in [1.82, 2.24) is 14.8 Å². The minimum atomic E-state index is -0.302. The fraction of sp³-hybridized carbons (Fsp3) is 0.409. The molecule has 2 amide bonds. The molecule has 1 saturated heterocycles. The highest BCUT2D eigenvalue weighted by molar-refractivity contribution is 5.81. The number of likely N-dealkylation sites (tertiary alicyclic amines) is 1. The lowest BCUT2D eigenvalue weighted by atomic mass is 9.94. The number of piperidine rings is 1. The van der Waals surface area contributed by atoms with E-state index >= 15 is 0 Å². The number of aromatic nitrogens is 1. The highest BCUT2D eigenvalue weighted by Crippen LogP contribution is 2.20. The molecular formula is C22H26FN3O2. The number of carbonyl (C=O) groups excluding carboxylic acids is 2. The Hall–Kier alpha value is -2.76. The molecule has 0 saturated carbocycles. The maximum absolute atomic E-state index is 13.0. The maximum Gasteiger partial charge on any atom is 0.226 e. The predicted molar refractivity (Wildman–Crippen MR) is 105 cm³/mol. The average Bonchev–Trinajstić information content (AvgIpc) is 2.74. The molecule has 0 atom stereocenters. The zero-order valence-corrected chi connectivity index (χ0v) is 16.2. The van der Waals surface area contributed by atoms with Gasteiger partial charge in [0.05, 0.1) is 6.42 Å². The molecule has 5 nitrogen and oxygen atoms in total. The average molecular weight is 383 g/mol. The summed E-state index contributed by atoms with van der Waals surface area (Å²) in [5.41, 5.74) is 1.97. The van der Waals surface area contributed by atoms with Gasteiger partial charge in [0.15, 0.2) is 0 Å². The van der Waals surface area contributed by atoms with Gasteiger partial charge in [-0.25, -0.2) is 4.39 Å². The van der Waals surface area contributed by atoms with E-state index in [9.17, 15) is 14.0 Å². The molecule has 0 spiro atoms. The van der Waals surface area contributed by atoms with E-state index in [4.69, 9.17) is 0 Å². The van der Waals surface area contributed by atoms with Gasteiger partial charge >= 0.3 is 0 Å². The van der Waals surface area contributed by atoms with Crippen molar-refractivity contribution in [3.8, 4) is 0 Å². The summed E-state index contributed by atoms with van der Waals surface area (Å²) in [6.07, 6.45) is 5.97. The molecule has 0 radical (unpaired) electrons. The lowest BCUT2D eigenvalue weighted by molar-refractivity contribution is -0.139. The van der Waals surface area contributed by atoms with Gasteiger partial charge in [-0.05, 0) is 54.7 Å². The van der Waals surface area contributed by atoms with Crippen LogP contribution >= 0.6 is 0 Å². The third kappa shape index (κ3) is 5.38. The van der Waals surface area contributed by atoms with E-state index < -0.39 is 0 Å². The van der Waals surface area contributed by atoms with Crippen LogP contribution in [0.3, 0.4) is 0 Å². The molecule has 6 heteroatoms. The largest absolute Gasteiger partial charge is 0.345 e. The van der Waals surface area contributed by atoms with Crippen LogP contribution in [0, 0.1) is 11.7 Å². The van der Waals surface area contributed by atoms with Gasteiger partial charge in [-0.3, -0.25) is 14.6 Å². The first-order valence-corrected chi connectivity index (χ1v) is 9.69. The zero-order valence-electron chi connectivity index (χ0n) is 16.2. The van der Waals surface area contributed by atoms with E-state index in [1.807, 2.05) is 24.1 Å². The first kappa shape index (κ1) is 20.0. The van der Waals surface area contributed by atoms with Crippen LogP contribution in [0.1, 0.15) is 24.0 Å². The van der Waals surface area contributed by atoms with Crippen LogP contribution < -0.4 is 0 Å². The lowest BCUT2D eigenvalue weighted by Gasteiger charge is -2.33. The highest BCUT2D eigenvalue weighted by Gasteiger charge is 2.28. The predicted octanol–water partition coefficient (Wildman–Crippen LogP) is 2.70. The van der Waals surface area contributed by atoms with Gasteiger partial charge in [0.25, 0.3) is 0 Å². The fourth-order valence-corrected chi connectivity index (χ4v) is 3.53. The molecule has 0 aliphatic carbocycles. The molecule has 1 aliphatic heterocycles. The van der Waals surface area contributed by atoms with Gasteiger partial charge < -0.3 is 9.80 Å². The topological polar surface area (TPSA) is 53.5 Å². The van der Waals surface area contributed by atoms with E-state index in [-0.39, 0.29) is 30.0 Å². The molecule has 0 unspecified atom stereocenters. The van der Waals surface area contributed by atoms with Crippen LogP contribution in [0.2, 0.25) is 0 Å². The standard InChI is InChI=1S/C22H26FN3O2/c1-25(13-8-17-6-11-24-12-7-17)22(28)19-9-14-26(15-10-19)21(27)16-18-2-4-20(23)5-3-18/h2-7,11-12,19H,8-10,13-16H2,1H3. The van der Waals surface area contributed by atoms with Gasteiger partial charge in [0.1, 0.15) is 5.82 Å². The molecule has 148 valence electrons. The molecule has 1 aliphatic rings. The maximum atomic E-state index is 13.0. The second kappa shape index (κ2) is 9.44. The smallest absolute Gasteiger partial charge is 0.226 e. The summed E-state index contributed by atoms with van der Waals surface area (Å²) < 4.78 is 13.0. The zero-order chi connectivity index (χ0) is 19.9. The number of hydrogen-bond donors (Lipinski definition) is 0. The second-order valence-electron chi connectivity index (χ2n) is 7.32. The van der Waals surface area contributed by atoms with Crippen molar-refractivity contribution in [3.63, 3.8) is 0 Å². The quantitative estimate of drug-likeness (QED) is 0.771. The Bertz CT molecular complexity index is 787. The second-order valence-corrected chi connectivity index (χ2v) is 7.32. The van der Waals surface area contributed by atoms with Crippen LogP contribution in [0.15, 0.2) is 48.8 Å². The number of halogens is 1. The number of likely N-dealkylation sites (N-methyl/N-ethyl adjacent to an activating group) is 1. The summed E-state index contributed by atoms with van der Waals surface area (Å²) >= 11 is 0. The summed E-state index contributed by atoms with van der Waals surface area (Å²) in [5.74, 6) is -0.149. The monoisotopic (exact) mass is 383 g/mol. The Labute approximate surface area is 165 Å². The van der Waals surface area contributed by atoms with E-state index in [0.717, 1.165) is 17.5 Å². The number of amides is 2. The van der Waals surface area contributed by atoms with Crippen molar-refractivity contribution in [1.29, 1.82) is 0 Å². The van der Waals surface area contributed by atoms with E-state index in [2.05, 4.69) is 4.98 Å². The summed E-state index contributed by atoms with van der Waals surface area (Å²) in [6, 6.07) is 9.94. The normalized spacial score (nSPS) is 14.7. The molecule has 2 heterocycles. The van der Waals surface area contributed by atoms with Gasteiger partial charge in [-0.2, -0.15) is 0 Å². The van der Waals surface area contributed by atoms with Crippen molar-refractivity contribution in [2.45, 2.75) is 25.7 Å². The molecule has 2 aromatic rings. The third-order valence-corrected chi connectivity index (χ3v) is 5.33. The van der Waals surface area contributed by atoms with E-state index in [1.54, 1.807) is 29.4 Å². The SMILES string of the molecule is CN(CCc1ccncc1)C(=O)C1CCN(C(=O)Cc2ccc(F)cc2)CC1. The van der Waals surface area contributed by atoms with Crippen molar-refractivity contribution in [3.05, 3.63) is 65.7 Å². The van der Waals surface area contributed by atoms with Gasteiger partial charge in [0, 0.05) is 45.0 Å². The van der Waals surface area contributed by atoms with Crippen molar-refractivity contribution < 1.29 is 14.0 Å². The number of rotatable bonds is 6. The van der Waals surface area contributed by atoms with Crippen LogP contribution in [-0.2, 0) is 22.4 Å². The van der Waals surface area contributed by atoms with E-state index in [1.165, 1.54) is 12.1 Å². The Balaban J connectivity index is 1.44. The molecule has 3 rings (SSSR count). The van der Waals surface area contributed by atoms with Crippen molar-refractivity contribution in [2.24, 2.45) is 5.92 Å². The first-order valence-electron chi connectivity index (χ1n) is 9.69. The Kier molecular flexibility index (Phi) is 6.74. The Morgan fingerprint density at radius 3 is 2.36 bits per heavy atom. The van der Waals surface area contributed by atoms with Crippen LogP contribution in [0.25, 0.3) is 0 Å². The summed E-state index contributed by atoms with van der Waals surface area (Å²) in [6.45, 7) is 1.86. The summed E-state index contributed by atoms with van der Waals surface area (Å²) in [4.78, 5) is 32.8. The molecule has 0 N–H and O–H groups in total. The molecule has 1 aromatic carbocycles. The summed E-state index contributed by atoms with van der Waals surface area (Å²) in [7, 11) is 1.84. The summed E-state index contributed by atoms with van der Waals surface area (Å²) in [5, 5.41) is 0. The fourth-order valence-electron chi connectivity index (χ4n) is 3.53. The van der Waals surface area contributed by atoms with Gasteiger partial charge in [0.2, 0.25) is 11.8 Å². The Morgan fingerprint density at radius 1 is 1.07 bits per heavy atom. The molecule has 0 bridgehead atoms. The molecule has 28 heavy (non-hydrogen) atoms. The molecule has 1 aromatic heterocycles. The molecule has 1 fully saturated rings. The minimum absolute atomic E-state index is 0.0303.